The van der Waals surface area contributed by atoms with Crippen LogP contribution in [0.25, 0.3) is 0 Å². The number of aryl methyl sites for hydroxylation is 1. The number of ether oxygens (including phenoxy) is 1. The first-order valence-electron chi connectivity index (χ1n) is 4.14. The Morgan fingerprint density at radius 1 is 1.67 bits per heavy atom. The molecule has 0 spiro atoms. The van der Waals surface area contributed by atoms with Crippen LogP contribution in [0, 0.1) is 6.92 Å². The molecule has 0 aliphatic rings. The van der Waals surface area contributed by atoms with Gasteiger partial charge in [-0.15, -0.1) is 0 Å². The molecule has 0 saturated carbocycles. The quantitative estimate of drug-likeness (QED) is 0.251. The number of rotatable bonds is 2. The highest BCUT2D eigenvalue weighted by atomic mass is 32.1. The lowest BCUT2D eigenvalue weighted by atomic mass is 10.3. The maximum Gasteiger partial charge on any atom is 0.356 e. The number of hydrogen-bond acceptors (Lipinski definition) is 4. The molecule has 1 aromatic rings. The van der Waals surface area contributed by atoms with E-state index in [2.05, 4.69) is 20.5 Å². The molecule has 0 atom stereocenters. The van der Waals surface area contributed by atoms with E-state index < -0.39 is 5.97 Å². The van der Waals surface area contributed by atoms with Crippen molar-refractivity contribution >= 4 is 29.0 Å². The van der Waals surface area contributed by atoms with E-state index in [-0.39, 0.29) is 5.11 Å². The molecule has 0 amide bonds. The van der Waals surface area contributed by atoms with Crippen molar-refractivity contribution in [1.29, 1.82) is 0 Å². The summed E-state index contributed by atoms with van der Waals surface area (Å²) in [4.78, 5) is 14.2. The van der Waals surface area contributed by atoms with E-state index in [1.807, 2.05) is 6.92 Å². The van der Waals surface area contributed by atoms with Gasteiger partial charge in [-0.25, -0.2) is 10.6 Å². The van der Waals surface area contributed by atoms with Crippen LogP contribution in [0.4, 0.5) is 5.69 Å². The Kier molecular flexibility index (Phi) is 3.64. The van der Waals surface area contributed by atoms with Crippen LogP contribution in [0.1, 0.15) is 16.2 Å². The Labute approximate surface area is 92.1 Å². The lowest BCUT2D eigenvalue weighted by molar-refractivity contribution is 0.0596. The molecule has 0 unspecified atom stereocenters. The Bertz CT molecular complexity index is 388. The third-order valence-corrected chi connectivity index (χ3v) is 1.94. The molecule has 1 rings (SSSR count). The summed E-state index contributed by atoms with van der Waals surface area (Å²) in [5.41, 5.74) is 3.92. The van der Waals surface area contributed by atoms with Crippen LogP contribution in [-0.4, -0.2) is 23.2 Å². The summed E-state index contributed by atoms with van der Waals surface area (Å²) in [6.07, 6.45) is 0. The number of methoxy groups -OCH3 is 1. The predicted molar refractivity (Wildman–Crippen MR) is 60.4 cm³/mol. The molecule has 0 aliphatic carbocycles. The normalized spacial score (nSPS) is 9.53. The molecule has 0 bridgehead atoms. The topological polar surface area (TPSA) is 92.2 Å². The number of H-pyrrole nitrogens is 1. The number of carbonyl (C=O) groups is 1. The van der Waals surface area contributed by atoms with Gasteiger partial charge in [0.2, 0.25) is 0 Å². The standard InChI is InChI=1S/C8H12N4O2S/c1-4-3-5(11-8(15)12-9)6(10-4)7(13)14-2/h3,10H,9H2,1-2H3,(H2,11,12,15). The number of hydrogen-bond donors (Lipinski definition) is 4. The molecule has 0 saturated heterocycles. The fraction of sp³-hybridized carbons (Fsp3) is 0.250. The van der Waals surface area contributed by atoms with Crippen LogP contribution >= 0.6 is 12.2 Å². The van der Waals surface area contributed by atoms with E-state index in [1.165, 1.54) is 7.11 Å². The first-order valence-corrected chi connectivity index (χ1v) is 4.54. The van der Waals surface area contributed by atoms with Crippen molar-refractivity contribution in [1.82, 2.24) is 10.4 Å². The zero-order valence-corrected chi connectivity index (χ0v) is 9.20. The first-order chi connectivity index (χ1) is 7.08. The van der Waals surface area contributed by atoms with Gasteiger partial charge >= 0.3 is 5.97 Å². The average molecular weight is 228 g/mol. The minimum atomic E-state index is -0.467. The molecule has 6 nitrogen and oxygen atoms in total. The van der Waals surface area contributed by atoms with Crippen molar-refractivity contribution in [3.63, 3.8) is 0 Å². The van der Waals surface area contributed by atoms with Crippen molar-refractivity contribution < 1.29 is 9.53 Å². The van der Waals surface area contributed by atoms with Gasteiger partial charge in [0.25, 0.3) is 0 Å². The van der Waals surface area contributed by atoms with E-state index in [4.69, 9.17) is 18.1 Å². The van der Waals surface area contributed by atoms with Crippen molar-refractivity contribution in [2.24, 2.45) is 5.84 Å². The van der Waals surface area contributed by atoms with Gasteiger partial charge in [0.1, 0.15) is 5.69 Å². The van der Waals surface area contributed by atoms with Crippen molar-refractivity contribution in [2.45, 2.75) is 6.92 Å². The van der Waals surface area contributed by atoms with Crippen molar-refractivity contribution in [2.75, 3.05) is 12.4 Å². The molecule has 0 fully saturated rings. The molecule has 15 heavy (non-hydrogen) atoms. The highest BCUT2D eigenvalue weighted by Gasteiger charge is 2.15. The molecule has 1 heterocycles. The summed E-state index contributed by atoms with van der Waals surface area (Å²) in [5, 5.41) is 2.98. The van der Waals surface area contributed by atoms with E-state index in [0.29, 0.717) is 11.4 Å². The second-order valence-electron chi connectivity index (χ2n) is 2.83. The zero-order chi connectivity index (χ0) is 11.4. The number of aromatic nitrogens is 1. The Balaban J connectivity index is 2.96. The van der Waals surface area contributed by atoms with Crippen LogP contribution < -0.4 is 16.6 Å². The molecule has 0 radical (unpaired) electrons. The SMILES string of the molecule is COC(=O)c1[nH]c(C)cc1NC(=S)NN. The highest BCUT2D eigenvalue weighted by molar-refractivity contribution is 7.80. The molecule has 0 aromatic carbocycles. The third-order valence-electron chi connectivity index (χ3n) is 1.72. The van der Waals surface area contributed by atoms with Gasteiger partial charge in [-0.1, -0.05) is 0 Å². The van der Waals surface area contributed by atoms with Gasteiger partial charge in [0.05, 0.1) is 12.8 Å². The molecular weight excluding hydrogens is 216 g/mol. The van der Waals surface area contributed by atoms with Gasteiger partial charge in [-0.2, -0.15) is 0 Å². The van der Waals surface area contributed by atoms with Gasteiger partial charge in [0.15, 0.2) is 5.11 Å². The fourth-order valence-electron chi connectivity index (χ4n) is 1.11. The number of esters is 1. The maximum absolute atomic E-state index is 11.3. The Hall–Kier alpha value is -1.60. The summed E-state index contributed by atoms with van der Waals surface area (Å²) in [6, 6.07) is 1.73. The van der Waals surface area contributed by atoms with Gasteiger partial charge in [0, 0.05) is 5.69 Å². The zero-order valence-electron chi connectivity index (χ0n) is 8.38. The van der Waals surface area contributed by atoms with Crippen molar-refractivity contribution in [3.05, 3.63) is 17.5 Å². The van der Waals surface area contributed by atoms with Crippen LogP contribution in [0.15, 0.2) is 6.07 Å². The van der Waals surface area contributed by atoms with E-state index in [0.717, 1.165) is 5.69 Å². The number of anilines is 1. The van der Waals surface area contributed by atoms with Crippen LogP contribution in [0.3, 0.4) is 0 Å². The number of hydrazine groups is 1. The summed E-state index contributed by atoms with van der Waals surface area (Å²) >= 11 is 4.82. The summed E-state index contributed by atoms with van der Waals surface area (Å²) in [5.74, 6) is 4.64. The average Bonchev–Trinajstić information content (AvgIpc) is 2.58. The second kappa shape index (κ2) is 4.76. The largest absolute Gasteiger partial charge is 0.464 e. The molecular formula is C8H12N4O2S. The predicted octanol–water partition coefficient (Wildman–Crippen LogP) is 0.270. The number of thiocarbonyl (C=S) groups is 1. The third kappa shape index (κ3) is 2.67. The minimum absolute atomic E-state index is 0.221. The second-order valence-corrected chi connectivity index (χ2v) is 3.24. The number of nitrogens with two attached hydrogens (primary N) is 1. The fourth-order valence-corrected chi connectivity index (χ4v) is 1.22. The summed E-state index contributed by atoms with van der Waals surface area (Å²) < 4.78 is 4.60. The molecule has 7 heteroatoms. The lowest BCUT2D eigenvalue weighted by Crippen LogP contribution is -2.34. The Morgan fingerprint density at radius 2 is 2.33 bits per heavy atom. The van der Waals surface area contributed by atoms with Crippen LogP contribution in [-0.2, 0) is 4.74 Å². The smallest absolute Gasteiger partial charge is 0.356 e. The molecule has 82 valence electrons. The van der Waals surface area contributed by atoms with Gasteiger partial charge in [-0.05, 0) is 25.2 Å². The van der Waals surface area contributed by atoms with Crippen LogP contribution in [0.2, 0.25) is 0 Å². The number of aromatic amines is 1. The van der Waals surface area contributed by atoms with E-state index in [9.17, 15) is 4.79 Å². The van der Waals surface area contributed by atoms with Crippen molar-refractivity contribution in [3.8, 4) is 0 Å². The lowest BCUT2D eigenvalue weighted by Gasteiger charge is -2.06. The molecule has 0 aliphatic heterocycles. The molecule has 5 N–H and O–H groups in total. The first kappa shape index (κ1) is 11.5. The van der Waals surface area contributed by atoms with E-state index in [1.54, 1.807) is 6.07 Å². The number of nitrogens with one attached hydrogen (secondary N) is 3. The van der Waals surface area contributed by atoms with E-state index >= 15 is 0 Å². The minimum Gasteiger partial charge on any atom is -0.464 e. The summed E-state index contributed by atoms with van der Waals surface area (Å²) in [7, 11) is 1.31. The maximum atomic E-state index is 11.3. The van der Waals surface area contributed by atoms with Crippen LogP contribution in [0.5, 0.6) is 0 Å². The summed E-state index contributed by atoms with van der Waals surface area (Å²) in [6.45, 7) is 1.82. The van der Waals surface area contributed by atoms with Gasteiger partial charge < -0.3 is 20.5 Å². The number of carbonyl (C=O) groups excluding carboxylic acids is 1. The molecule has 1 aromatic heterocycles. The highest BCUT2D eigenvalue weighted by Crippen LogP contribution is 2.17. The van der Waals surface area contributed by atoms with Gasteiger partial charge in [-0.3, -0.25) is 0 Å². The Morgan fingerprint density at radius 3 is 2.87 bits per heavy atom. The monoisotopic (exact) mass is 228 g/mol.